The summed E-state index contributed by atoms with van der Waals surface area (Å²) in [6.45, 7) is 12.1. The number of benzene rings is 4. The lowest BCUT2D eigenvalue weighted by Gasteiger charge is -2.26. The van der Waals surface area contributed by atoms with E-state index in [1.54, 1.807) is 72.8 Å². The molecule has 10 heteroatoms. The molecule has 0 bridgehead atoms. The Balaban J connectivity index is 1.56. The van der Waals surface area contributed by atoms with E-state index in [9.17, 15) is 0 Å². The summed E-state index contributed by atoms with van der Waals surface area (Å²) in [5.74, 6) is -15.2. The fraction of sp³-hybridized carbons (Fsp3) is 0.277. The van der Waals surface area contributed by atoms with Gasteiger partial charge in [0.2, 0.25) is 0 Å². The summed E-state index contributed by atoms with van der Waals surface area (Å²) in [5, 5.41) is 0. The number of allylic oxidation sites excluding steroid dienone is 2. The van der Waals surface area contributed by atoms with Gasteiger partial charge in [-0.2, -0.15) is 26.3 Å². The van der Waals surface area contributed by atoms with Crippen molar-refractivity contribution in [3.8, 4) is 53.3 Å². The SMILES string of the molecule is COc1ccc(-c2cc(C3=C(c4cc(-c5ccc(OC)cc5)sc4-c4ccc(C(C)(C)C)cc4)C(F)(F)C(F)(F)C3(F)F)c(-c3ccc(C(C)(C)C)cc3)s2)cc1. The third kappa shape index (κ3) is 6.99. The lowest BCUT2D eigenvalue weighted by Crippen LogP contribution is -2.48. The smallest absolute Gasteiger partial charge is 0.380 e. The van der Waals surface area contributed by atoms with Crippen LogP contribution in [0.15, 0.2) is 109 Å². The normalized spacial score (nSPS) is 16.2. The standard InChI is InChI=1S/C47H42F6O2S2/c1-43(2,3)31-17-9-29(10-18-31)41-35(25-37(56-41)27-13-21-33(54-7)22-14-27)39-40(46(50,51)47(52,53)45(39,48)49)36-26-38(28-15-23-34(55-8)24-16-28)57-42(36)30-11-19-32(20-12-30)44(4,5)6/h9-26H,1-8H3. The first kappa shape index (κ1) is 40.4. The second-order valence-corrected chi connectivity index (χ2v) is 18.4. The minimum absolute atomic E-state index is 0.170. The molecule has 0 atom stereocenters. The Bertz CT molecular complexity index is 2270. The zero-order valence-corrected chi connectivity index (χ0v) is 34.4. The number of methoxy groups -OCH3 is 2. The van der Waals surface area contributed by atoms with E-state index in [-0.39, 0.29) is 31.7 Å². The van der Waals surface area contributed by atoms with Crippen LogP contribution in [0.4, 0.5) is 26.3 Å². The Labute approximate surface area is 337 Å². The van der Waals surface area contributed by atoms with Gasteiger partial charge in [-0.3, -0.25) is 0 Å². The Morgan fingerprint density at radius 2 is 0.737 bits per heavy atom. The Kier molecular flexibility index (Phi) is 10.1. The molecule has 0 amide bonds. The highest BCUT2D eigenvalue weighted by atomic mass is 32.1. The van der Waals surface area contributed by atoms with E-state index >= 15 is 26.3 Å². The zero-order chi connectivity index (χ0) is 41.3. The maximum atomic E-state index is 16.8. The van der Waals surface area contributed by atoms with Crippen LogP contribution in [0.2, 0.25) is 0 Å². The molecule has 0 aliphatic heterocycles. The summed E-state index contributed by atoms with van der Waals surface area (Å²) in [6.07, 6.45) is 0. The molecule has 6 aromatic rings. The molecule has 296 valence electrons. The molecule has 0 fully saturated rings. The van der Waals surface area contributed by atoms with Crippen molar-refractivity contribution in [1.29, 1.82) is 0 Å². The van der Waals surface area contributed by atoms with Gasteiger partial charge in [0, 0.05) is 41.8 Å². The van der Waals surface area contributed by atoms with Crippen LogP contribution in [0.1, 0.15) is 63.8 Å². The van der Waals surface area contributed by atoms with Crippen LogP contribution in [-0.2, 0) is 10.8 Å². The molecule has 4 aromatic carbocycles. The van der Waals surface area contributed by atoms with Crippen LogP contribution in [0.3, 0.4) is 0 Å². The monoisotopic (exact) mass is 816 g/mol. The van der Waals surface area contributed by atoms with E-state index in [4.69, 9.17) is 9.47 Å². The summed E-state index contributed by atoms with van der Waals surface area (Å²) < 4.78 is 110. The first-order valence-electron chi connectivity index (χ1n) is 18.4. The molecule has 2 nitrogen and oxygen atoms in total. The van der Waals surface area contributed by atoms with Crippen LogP contribution in [0, 0.1) is 0 Å². The van der Waals surface area contributed by atoms with E-state index in [0.717, 1.165) is 33.8 Å². The largest absolute Gasteiger partial charge is 0.497 e. The molecule has 1 aliphatic rings. The van der Waals surface area contributed by atoms with Crippen LogP contribution in [0.5, 0.6) is 11.5 Å². The number of hydrogen-bond donors (Lipinski definition) is 0. The van der Waals surface area contributed by atoms with Gasteiger partial charge in [-0.15, -0.1) is 22.7 Å². The molecule has 0 radical (unpaired) electrons. The van der Waals surface area contributed by atoms with Crippen molar-refractivity contribution in [2.75, 3.05) is 14.2 Å². The van der Waals surface area contributed by atoms with Gasteiger partial charge in [0.05, 0.1) is 14.2 Å². The summed E-state index contributed by atoms with van der Waals surface area (Å²) in [7, 11) is 3.01. The van der Waals surface area contributed by atoms with Crippen molar-refractivity contribution < 1.29 is 35.8 Å². The fourth-order valence-electron chi connectivity index (χ4n) is 7.05. The molecule has 1 aliphatic carbocycles. The fourth-order valence-corrected chi connectivity index (χ4v) is 9.40. The lowest BCUT2D eigenvalue weighted by molar-refractivity contribution is -0.254. The molecular weight excluding hydrogens is 775 g/mol. The van der Waals surface area contributed by atoms with Gasteiger partial charge in [-0.25, -0.2) is 0 Å². The predicted octanol–water partition coefficient (Wildman–Crippen LogP) is 14.9. The van der Waals surface area contributed by atoms with Crippen LogP contribution in [-0.4, -0.2) is 32.0 Å². The quantitative estimate of drug-likeness (QED) is 0.143. The molecule has 2 heterocycles. The molecule has 0 spiro atoms. The number of alkyl halides is 6. The van der Waals surface area contributed by atoms with Gasteiger partial charge in [-0.05, 0) is 105 Å². The summed E-state index contributed by atoms with van der Waals surface area (Å²) in [4.78, 5) is 1.21. The first-order chi connectivity index (χ1) is 26.7. The van der Waals surface area contributed by atoms with Gasteiger partial charge in [-0.1, -0.05) is 90.1 Å². The highest BCUT2D eigenvalue weighted by Gasteiger charge is 2.80. The number of ether oxygens (including phenoxy) is 2. The van der Waals surface area contributed by atoms with Crippen molar-refractivity contribution >= 4 is 33.8 Å². The van der Waals surface area contributed by atoms with Gasteiger partial charge in [0.25, 0.3) is 0 Å². The van der Waals surface area contributed by atoms with Crippen molar-refractivity contribution in [3.05, 3.63) is 131 Å². The zero-order valence-electron chi connectivity index (χ0n) is 32.8. The van der Waals surface area contributed by atoms with Crippen LogP contribution >= 0.6 is 22.7 Å². The predicted molar refractivity (Wildman–Crippen MR) is 223 cm³/mol. The number of hydrogen-bond acceptors (Lipinski definition) is 4. The molecule has 7 rings (SSSR count). The second kappa shape index (κ2) is 14.2. The molecular formula is C47H42F6O2S2. The third-order valence-corrected chi connectivity index (χ3v) is 12.9. The number of rotatable bonds is 8. The average Bonchev–Trinajstić information content (AvgIpc) is 3.83. The molecule has 0 N–H and O–H groups in total. The van der Waals surface area contributed by atoms with E-state index in [1.165, 1.54) is 26.4 Å². The highest BCUT2D eigenvalue weighted by molar-refractivity contribution is 7.19. The molecule has 0 saturated heterocycles. The minimum atomic E-state index is -5.75. The molecule has 57 heavy (non-hydrogen) atoms. The van der Waals surface area contributed by atoms with Crippen molar-refractivity contribution in [1.82, 2.24) is 0 Å². The Morgan fingerprint density at radius 1 is 0.439 bits per heavy atom. The van der Waals surface area contributed by atoms with Crippen LogP contribution < -0.4 is 9.47 Å². The van der Waals surface area contributed by atoms with Gasteiger partial charge < -0.3 is 9.47 Å². The van der Waals surface area contributed by atoms with Gasteiger partial charge in [0.15, 0.2) is 0 Å². The molecule has 2 aromatic heterocycles. The summed E-state index contributed by atoms with van der Waals surface area (Å²) in [6, 6.07) is 30.6. The highest BCUT2D eigenvalue weighted by Crippen LogP contribution is 2.67. The number of thiophene rings is 2. The second-order valence-electron chi connectivity index (χ2n) is 16.3. The lowest BCUT2D eigenvalue weighted by atomic mass is 9.86. The topological polar surface area (TPSA) is 18.5 Å². The number of halogens is 6. The van der Waals surface area contributed by atoms with Crippen molar-refractivity contribution in [3.63, 3.8) is 0 Å². The first-order valence-corrected chi connectivity index (χ1v) is 20.0. The minimum Gasteiger partial charge on any atom is -0.497 e. The van der Waals surface area contributed by atoms with Gasteiger partial charge >= 0.3 is 17.8 Å². The van der Waals surface area contributed by atoms with Crippen molar-refractivity contribution in [2.45, 2.75) is 70.1 Å². The third-order valence-electron chi connectivity index (χ3n) is 10.4. The van der Waals surface area contributed by atoms with Gasteiger partial charge in [0.1, 0.15) is 11.5 Å². The van der Waals surface area contributed by atoms with E-state index in [0.29, 0.717) is 43.5 Å². The molecule has 0 unspecified atom stereocenters. The van der Waals surface area contributed by atoms with Crippen LogP contribution in [0.25, 0.3) is 52.9 Å². The Morgan fingerprint density at radius 3 is 1.02 bits per heavy atom. The Hall–Kier alpha value is -4.80. The summed E-state index contributed by atoms with van der Waals surface area (Å²) in [5.41, 5.74) is -0.0865. The molecule has 0 saturated carbocycles. The average molecular weight is 817 g/mol. The maximum Gasteiger partial charge on any atom is 0.380 e. The van der Waals surface area contributed by atoms with E-state index < -0.39 is 28.9 Å². The van der Waals surface area contributed by atoms with Crippen molar-refractivity contribution in [2.24, 2.45) is 0 Å². The maximum absolute atomic E-state index is 16.8. The summed E-state index contributed by atoms with van der Waals surface area (Å²) >= 11 is 2.16. The van der Waals surface area contributed by atoms with E-state index in [1.807, 2.05) is 65.8 Å². The van der Waals surface area contributed by atoms with E-state index in [2.05, 4.69) is 0 Å².